The van der Waals surface area contributed by atoms with Crippen molar-refractivity contribution in [1.82, 2.24) is 0 Å². The summed E-state index contributed by atoms with van der Waals surface area (Å²) >= 11 is 0. The van der Waals surface area contributed by atoms with Gasteiger partial charge in [-0.3, -0.25) is 4.79 Å². The Morgan fingerprint density at radius 1 is 1.10 bits per heavy atom. The van der Waals surface area contributed by atoms with Gasteiger partial charge in [-0.2, -0.15) is 0 Å². The third-order valence-corrected chi connectivity index (χ3v) is 2.69. The number of rotatable bonds is 5. The molecule has 0 heterocycles. The molecule has 0 aliphatic carbocycles. The van der Waals surface area contributed by atoms with Crippen LogP contribution in [0.25, 0.3) is 0 Å². The van der Waals surface area contributed by atoms with Gasteiger partial charge in [-0.05, 0) is 42.0 Å². The van der Waals surface area contributed by atoms with Crippen LogP contribution in [0.4, 0.5) is 15.8 Å². The average Bonchev–Trinajstić information content (AvgIpc) is 2.48. The van der Waals surface area contributed by atoms with Crippen molar-refractivity contribution < 1.29 is 14.3 Å². The number of aliphatic hydroxyl groups is 1. The molecule has 3 N–H and O–H groups in total. The van der Waals surface area contributed by atoms with Gasteiger partial charge in [0.1, 0.15) is 5.82 Å². The molecular formula is C15H15FN2O2. The molecule has 20 heavy (non-hydrogen) atoms. The van der Waals surface area contributed by atoms with E-state index in [9.17, 15) is 9.18 Å². The highest BCUT2D eigenvalue weighted by Crippen LogP contribution is 2.11. The zero-order valence-electron chi connectivity index (χ0n) is 10.8. The second kappa shape index (κ2) is 6.68. The van der Waals surface area contributed by atoms with E-state index in [4.69, 9.17) is 5.11 Å². The van der Waals surface area contributed by atoms with Crippen LogP contribution in [0, 0.1) is 5.82 Å². The van der Waals surface area contributed by atoms with Crippen LogP contribution < -0.4 is 10.6 Å². The molecule has 2 aromatic rings. The number of hydrogen-bond donors (Lipinski definition) is 3. The van der Waals surface area contributed by atoms with Crippen LogP contribution in [0.5, 0.6) is 0 Å². The van der Waals surface area contributed by atoms with E-state index in [0.29, 0.717) is 5.69 Å². The van der Waals surface area contributed by atoms with E-state index in [-0.39, 0.29) is 24.9 Å². The molecule has 0 aromatic heterocycles. The van der Waals surface area contributed by atoms with E-state index in [1.54, 1.807) is 18.2 Å². The Kier molecular flexibility index (Phi) is 4.68. The molecule has 4 nitrogen and oxygen atoms in total. The van der Waals surface area contributed by atoms with Gasteiger partial charge < -0.3 is 15.7 Å². The van der Waals surface area contributed by atoms with Gasteiger partial charge in [0.25, 0.3) is 0 Å². The molecule has 0 fully saturated rings. The minimum absolute atomic E-state index is 0.0443. The number of amides is 1. The summed E-state index contributed by atoms with van der Waals surface area (Å²) in [4.78, 5) is 11.7. The first-order valence-corrected chi connectivity index (χ1v) is 6.16. The van der Waals surface area contributed by atoms with Crippen LogP contribution >= 0.6 is 0 Å². The highest BCUT2D eigenvalue weighted by molar-refractivity contribution is 5.93. The standard InChI is InChI=1S/C15H15FN2O2/c16-12-4-6-13(7-5-12)18-15(20)9-17-14-3-1-2-11(8-14)10-19/h1-8,17,19H,9-10H2,(H,18,20). The lowest BCUT2D eigenvalue weighted by molar-refractivity contribution is -0.114. The van der Waals surface area contributed by atoms with E-state index in [2.05, 4.69) is 10.6 Å². The van der Waals surface area contributed by atoms with Crippen molar-refractivity contribution in [3.63, 3.8) is 0 Å². The molecule has 0 aliphatic rings. The lowest BCUT2D eigenvalue weighted by atomic mass is 10.2. The molecule has 0 aliphatic heterocycles. The number of hydrogen-bond acceptors (Lipinski definition) is 3. The lowest BCUT2D eigenvalue weighted by Crippen LogP contribution is -2.21. The summed E-state index contributed by atoms with van der Waals surface area (Å²) in [6, 6.07) is 12.7. The average molecular weight is 274 g/mol. The van der Waals surface area contributed by atoms with E-state index >= 15 is 0 Å². The zero-order chi connectivity index (χ0) is 14.4. The summed E-state index contributed by atoms with van der Waals surface area (Å²) in [6.07, 6.45) is 0. The molecule has 104 valence electrons. The first-order chi connectivity index (χ1) is 9.67. The Morgan fingerprint density at radius 3 is 2.55 bits per heavy atom. The molecule has 0 radical (unpaired) electrons. The Bertz CT molecular complexity index is 585. The summed E-state index contributed by atoms with van der Waals surface area (Å²) in [5.74, 6) is -0.576. The van der Waals surface area contributed by atoms with E-state index < -0.39 is 0 Å². The summed E-state index contributed by atoms with van der Waals surface area (Å²) in [5, 5.41) is 14.6. The second-order valence-corrected chi connectivity index (χ2v) is 4.27. The maximum atomic E-state index is 12.7. The fourth-order valence-electron chi connectivity index (χ4n) is 1.70. The number of aliphatic hydroxyl groups excluding tert-OH is 1. The minimum atomic E-state index is -0.345. The van der Waals surface area contributed by atoms with Gasteiger partial charge in [0.2, 0.25) is 5.91 Å². The molecule has 5 heteroatoms. The number of benzene rings is 2. The summed E-state index contributed by atoms with van der Waals surface area (Å²) in [6.45, 7) is 0.0452. The summed E-state index contributed by atoms with van der Waals surface area (Å²) < 4.78 is 12.7. The predicted octanol–water partition coefficient (Wildman–Crippen LogP) is 2.37. The van der Waals surface area contributed by atoms with Gasteiger partial charge >= 0.3 is 0 Å². The monoisotopic (exact) mass is 274 g/mol. The van der Waals surface area contributed by atoms with Gasteiger partial charge in [-0.1, -0.05) is 12.1 Å². The van der Waals surface area contributed by atoms with Gasteiger partial charge in [-0.15, -0.1) is 0 Å². The SMILES string of the molecule is O=C(CNc1cccc(CO)c1)Nc1ccc(F)cc1. The van der Waals surface area contributed by atoms with Crippen LogP contribution in [0.15, 0.2) is 48.5 Å². The van der Waals surface area contributed by atoms with E-state index in [0.717, 1.165) is 11.3 Å². The normalized spacial score (nSPS) is 10.1. The Labute approximate surface area is 116 Å². The number of anilines is 2. The van der Waals surface area contributed by atoms with Gasteiger partial charge in [0, 0.05) is 11.4 Å². The molecule has 2 rings (SSSR count). The topological polar surface area (TPSA) is 61.4 Å². The molecule has 0 atom stereocenters. The summed E-state index contributed by atoms with van der Waals surface area (Å²) in [7, 11) is 0. The van der Waals surface area contributed by atoms with Crippen molar-refractivity contribution in [2.45, 2.75) is 6.61 Å². The molecule has 2 aromatic carbocycles. The molecule has 0 bridgehead atoms. The van der Waals surface area contributed by atoms with Crippen molar-refractivity contribution in [1.29, 1.82) is 0 Å². The molecular weight excluding hydrogens is 259 g/mol. The van der Waals surface area contributed by atoms with Crippen molar-refractivity contribution in [2.75, 3.05) is 17.2 Å². The Morgan fingerprint density at radius 2 is 1.85 bits per heavy atom. The van der Waals surface area contributed by atoms with Crippen molar-refractivity contribution in [2.24, 2.45) is 0 Å². The fraction of sp³-hybridized carbons (Fsp3) is 0.133. The number of halogens is 1. The fourth-order valence-corrected chi connectivity index (χ4v) is 1.70. The van der Waals surface area contributed by atoms with Crippen LogP contribution in [0.1, 0.15) is 5.56 Å². The maximum Gasteiger partial charge on any atom is 0.243 e. The van der Waals surface area contributed by atoms with Crippen LogP contribution in [-0.2, 0) is 11.4 Å². The van der Waals surface area contributed by atoms with Crippen LogP contribution in [0.3, 0.4) is 0 Å². The first kappa shape index (κ1) is 14.0. The van der Waals surface area contributed by atoms with Crippen LogP contribution in [-0.4, -0.2) is 17.6 Å². The van der Waals surface area contributed by atoms with Gasteiger partial charge in [0.05, 0.1) is 13.2 Å². The first-order valence-electron chi connectivity index (χ1n) is 6.16. The largest absolute Gasteiger partial charge is 0.392 e. The van der Waals surface area contributed by atoms with E-state index in [1.807, 2.05) is 6.07 Å². The maximum absolute atomic E-state index is 12.7. The third kappa shape index (κ3) is 4.07. The lowest BCUT2D eigenvalue weighted by Gasteiger charge is -2.08. The number of carbonyl (C=O) groups excluding carboxylic acids is 1. The molecule has 1 amide bonds. The zero-order valence-corrected chi connectivity index (χ0v) is 10.8. The predicted molar refractivity (Wildman–Crippen MR) is 75.9 cm³/mol. The van der Waals surface area contributed by atoms with Crippen LogP contribution in [0.2, 0.25) is 0 Å². The van der Waals surface area contributed by atoms with Crippen molar-refractivity contribution in [3.8, 4) is 0 Å². The summed E-state index contributed by atoms with van der Waals surface area (Å²) in [5.41, 5.74) is 2.07. The molecule has 0 spiro atoms. The Balaban J connectivity index is 1.87. The minimum Gasteiger partial charge on any atom is -0.392 e. The number of carbonyl (C=O) groups is 1. The molecule has 0 saturated carbocycles. The van der Waals surface area contributed by atoms with Gasteiger partial charge in [0.15, 0.2) is 0 Å². The van der Waals surface area contributed by atoms with Gasteiger partial charge in [-0.25, -0.2) is 4.39 Å². The third-order valence-electron chi connectivity index (χ3n) is 2.69. The molecule has 0 saturated heterocycles. The smallest absolute Gasteiger partial charge is 0.243 e. The Hall–Kier alpha value is -2.40. The highest BCUT2D eigenvalue weighted by Gasteiger charge is 2.03. The second-order valence-electron chi connectivity index (χ2n) is 4.27. The van der Waals surface area contributed by atoms with Crippen molar-refractivity contribution >= 4 is 17.3 Å². The number of nitrogens with one attached hydrogen (secondary N) is 2. The molecule has 0 unspecified atom stereocenters. The quantitative estimate of drug-likeness (QED) is 0.784. The van der Waals surface area contributed by atoms with E-state index in [1.165, 1.54) is 24.3 Å². The highest BCUT2D eigenvalue weighted by atomic mass is 19.1. The van der Waals surface area contributed by atoms with Crippen molar-refractivity contribution in [3.05, 3.63) is 59.9 Å².